The quantitative estimate of drug-likeness (QED) is 0.420. The molecular formula is C13H21N5O2S. The first-order valence-electron chi connectivity index (χ1n) is 7.02. The Morgan fingerprint density at radius 1 is 1.52 bits per heavy atom. The molecule has 0 N–H and O–H groups in total. The van der Waals surface area contributed by atoms with Crippen LogP contribution >= 0.6 is 11.8 Å². The first kappa shape index (κ1) is 16.0. The molecule has 0 radical (unpaired) electrons. The second-order valence-corrected chi connectivity index (χ2v) is 5.97. The lowest BCUT2D eigenvalue weighted by Crippen LogP contribution is -2.40. The fraction of sp³-hybridized carbons (Fsp3) is 0.692. The minimum absolute atomic E-state index is 0.147. The molecule has 1 fully saturated rings. The Morgan fingerprint density at radius 2 is 2.29 bits per heavy atom. The van der Waals surface area contributed by atoms with Crippen molar-refractivity contribution in [3.63, 3.8) is 0 Å². The van der Waals surface area contributed by atoms with Crippen LogP contribution in [0.25, 0.3) is 0 Å². The predicted octanol–water partition coefficient (Wildman–Crippen LogP) is 0.743. The van der Waals surface area contributed by atoms with E-state index in [1.807, 2.05) is 4.90 Å². The topological polar surface area (TPSA) is 73.1 Å². The Morgan fingerprint density at radius 3 is 2.90 bits per heavy atom. The van der Waals surface area contributed by atoms with Gasteiger partial charge in [-0.3, -0.25) is 4.79 Å². The van der Waals surface area contributed by atoms with Gasteiger partial charge in [-0.25, -0.2) is 4.68 Å². The summed E-state index contributed by atoms with van der Waals surface area (Å²) in [6.07, 6.45) is 3.76. The van der Waals surface area contributed by atoms with Crippen LogP contribution in [0, 0.1) is 5.92 Å². The van der Waals surface area contributed by atoms with Crippen LogP contribution in [-0.2, 0) is 16.6 Å². The van der Waals surface area contributed by atoms with Gasteiger partial charge in [0.1, 0.15) is 0 Å². The summed E-state index contributed by atoms with van der Waals surface area (Å²) in [5, 5.41) is 11.8. The molecule has 7 nitrogen and oxygen atoms in total. The Kier molecular flexibility index (Phi) is 6.19. The molecule has 2 heterocycles. The van der Waals surface area contributed by atoms with E-state index in [-0.39, 0.29) is 5.91 Å². The van der Waals surface area contributed by atoms with Gasteiger partial charge in [0.2, 0.25) is 11.1 Å². The number of rotatable bonds is 7. The number of carbonyl (C=O) groups excluding carboxylic acids is 1. The largest absolute Gasteiger partial charge is 0.377 e. The van der Waals surface area contributed by atoms with Crippen LogP contribution < -0.4 is 0 Å². The van der Waals surface area contributed by atoms with Crippen LogP contribution in [0.5, 0.6) is 0 Å². The molecule has 1 aromatic rings. The molecule has 0 aromatic carbocycles. The zero-order valence-electron chi connectivity index (χ0n) is 12.3. The van der Waals surface area contributed by atoms with E-state index in [0.29, 0.717) is 23.4 Å². The third-order valence-corrected chi connectivity index (χ3v) is 4.46. The van der Waals surface area contributed by atoms with Gasteiger partial charge in [0, 0.05) is 26.7 Å². The van der Waals surface area contributed by atoms with E-state index in [4.69, 9.17) is 4.74 Å². The minimum atomic E-state index is 0.147. The highest BCUT2D eigenvalue weighted by Crippen LogP contribution is 2.19. The molecule has 2 rings (SSSR count). The molecule has 21 heavy (non-hydrogen) atoms. The van der Waals surface area contributed by atoms with Crippen molar-refractivity contribution in [3.8, 4) is 0 Å². The lowest BCUT2D eigenvalue weighted by Gasteiger charge is -2.31. The summed E-state index contributed by atoms with van der Waals surface area (Å²) in [6, 6.07) is 0. The van der Waals surface area contributed by atoms with Crippen molar-refractivity contribution >= 4 is 17.7 Å². The lowest BCUT2D eigenvalue weighted by atomic mass is 9.98. The highest BCUT2D eigenvalue weighted by Gasteiger charge is 2.23. The fourth-order valence-corrected chi connectivity index (χ4v) is 2.98. The van der Waals surface area contributed by atoms with E-state index in [9.17, 15) is 4.79 Å². The molecule has 1 aliphatic rings. The summed E-state index contributed by atoms with van der Waals surface area (Å²) >= 11 is 1.37. The molecule has 116 valence electrons. The van der Waals surface area contributed by atoms with E-state index in [1.165, 1.54) is 11.8 Å². The monoisotopic (exact) mass is 311 g/mol. The van der Waals surface area contributed by atoms with Crippen molar-refractivity contribution in [2.45, 2.75) is 18.0 Å². The first-order chi connectivity index (χ1) is 10.2. The molecule has 1 amide bonds. The Balaban J connectivity index is 1.68. The molecule has 0 unspecified atom stereocenters. The molecule has 0 aliphatic carbocycles. The number of thioether (sulfide) groups is 1. The van der Waals surface area contributed by atoms with E-state index in [2.05, 4.69) is 22.1 Å². The van der Waals surface area contributed by atoms with Gasteiger partial charge >= 0.3 is 0 Å². The highest BCUT2D eigenvalue weighted by molar-refractivity contribution is 7.99. The second kappa shape index (κ2) is 8.14. The molecule has 0 bridgehead atoms. The average molecular weight is 311 g/mol. The Labute approximate surface area is 128 Å². The van der Waals surface area contributed by atoms with Crippen molar-refractivity contribution < 1.29 is 9.53 Å². The highest BCUT2D eigenvalue weighted by atomic mass is 32.2. The maximum Gasteiger partial charge on any atom is 0.233 e. The third-order valence-electron chi connectivity index (χ3n) is 3.46. The van der Waals surface area contributed by atoms with Gasteiger partial charge in [0.05, 0.1) is 12.4 Å². The van der Waals surface area contributed by atoms with Gasteiger partial charge in [-0.05, 0) is 29.2 Å². The maximum absolute atomic E-state index is 12.2. The van der Waals surface area contributed by atoms with E-state index in [1.54, 1.807) is 17.8 Å². The number of nitrogens with zero attached hydrogens (tertiary/aromatic N) is 5. The number of amides is 1. The summed E-state index contributed by atoms with van der Waals surface area (Å²) in [7, 11) is 1.77. The third kappa shape index (κ3) is 4.82. The number of hydrogen-bond donors (Lipinski definition) is 0. The zero-order valence-corrected chi connectivity index (χ0v) is 13.1. The number of likely N-dealkylation sites (tertiary alicyclic amines) is 1. The van der Waals surface area contributed by atoms with Crippen molar-refractivity contribution in [1.29, 1.82) is 0 Å². The molecular weight excluding hydrogens is 290 g/mol. The normalized spacial score (nSPS) is 16.1. The van der Waals surface area contributed by atoms with Crippen LogP contribution in [0.1, 0.15) is 12.8 Å². The molecule has 1 aliphatic heterocycles. The Bertz CT molecular complexity index is 471. The summed E-state index contributed by atoms with van der Waals surface area (Å²) in [5.74, 6) is 1.07. The van der Waals surface area contributed by atoms with Crippen molar-refractivity contribution in [2.75, 3.05) is 32.1 Å². The predicted molar refractivity (Wildman–Crippen MR) is 79.8 cm³/mol. The number of hydrogen-bond acceptors (Lipinski definition) is 6. The zero-order chi connectivity index (χ0) is 15.1. The smallest absolute Gasteiger partial charge is 0.233 e. The number of ether oxygens (including phenoxy) is 1. The van der Waals surface area contributed by atoms with E-state index in [0.717, 1.165) is 32.5 Å². The molecule has 0 atom stereocenters. The van der Waals surface area contributed by atoms with Gasteiger partial charge in [0.25, 0.3) is 0 Å². The average Bonchev–Trinajstić information content (AvgIpc) is 2.91. The SMILES string of the molecule is C=CCOCC1CCN(C(=O)CSc2nnnn2C)CC1. The molecule has 1 aromatic heterocycles. The van der Waals surface area contributed by atoms with Crippen molar-refractivity contribution in [3.05, 3.63) is 12.7 Å². The number of piperidine rings is 1. The summed E-state index contributed by atoms with van der Waals surface area (Å²) in [5.41, 5.74) is 0. The van der Waals surface area contributed by atoms with Gasteiger partial charge < -0.3 is 9.64 Å². The summed E-state index contributed by atoms with van der Waals surface area (Å²) in [4.78, 5) is 14.1. The fourth-order valence-electron chi connectivity index (χ4n) is 2.23. The number of tetrazole rings is 1. The second-order valence-electron chi connectivity index (χ2n) is 5.02. The minimum Gasteiger partial charge on any atom is -0.377 e. The standard InChI is InChI=1S/C13H21N5O2S/c1-3-8-20-9-11-4-6-18(7-5-11)12(19)10-21-13-14-15-16-17(13)2/h3,11H,1,4-10H2,2H3. The van der Waals surface area contributed by atoms with Crippen LogP contribution in [0.3, 0.4) is 0 Å². The number of carbonyl (C=O) groups is 1. The van der Waals surface area contributed by atoms with Gasteiger partial charge in [-0.1, -0.05) is 17.8 Å². The first-order valence-corrected chi connectivity index (χ1v) is 8.01. The van der Waals surface area contributed by atoms with Crippen LogP contribution in [0.2, 0.25) is 0 Å². The van der Waals surface area contributed by atoms with Crippen LogP contribution in [-0.4, -0.2) is 63.1 Å². The van der Waals surface area contributed by atoms with Crippen LogP contribution in [0.4, 0.5) is 0 Å². The lowest BCUT2D eigenvalue weighted by molar-refractivity contribution is -0.130. The number of aromatic nitrogens is 4. The molecule has 8 heteroatoms. The van der Waals surface area contributed by atoms with Crippen molar-refractivity contribution in [1.82, 2.24) is 25.1 Å². The summed E-state index contributed by atoms with van der Waals surface area (Å²) in [6.45, 7) is 6.59. The van der Waals surface area contributed by atoms with E-state index < -0.39 is 0 Å². The van der Waals surface area contributed by atoms with Crippen LogP contribution in [0.15, 0.2) is 17.8 Å². The van der Waals surface area contributed by atoms with Gasteiger partial charge in [-0.2, -0.15) is 0 Å². The van der Waals surface area contributed by atoms with Gasteiger partial charge in [-0.15, -0.1) is 11.7 Å². The Hall–Kier alpha value is -1.41. The maximum atomic E-state index is 12.2. The van der Waals surface area contributed by atoms with Gasteiger partial charge in [0.15, 0.2) is 0 Å². The number of aryl methyl sites for hydroxylation is 1. The van der Waals surface area contributed by atoms with E-state index >= 15 is 0 Å². The van der Waals surface area contributed by atoms with Crippen molar-refractivity contribution in [2.24, 2.45) is 13.0 Å². The summed E-state index contributed by atoms with van der Waals surface area (Å²) < 4.78 is 7.05. The molecule has 1 saturated heterocycles. The molecule has 0 saturated carbocycles. The molecule has 0 spiro atoms.